The van der Waals surface area contributed by atoms with Gasteiger partial charge in [0.05, 0.1) is 32.1 Å². The summed E-state index contributed by atoms with van der Waals surface area (Å²) in [5.74, 6) is 0.161. The number of rotatable bonds is 10. The zero-order valence-corrected chi connectivity index (χ0v) is 19.8. The van der Waals surface area contributed by atoms with Gasteiger partial charge in [0.2, 0.25) is 0 Å². The summed E-state index contributed by atoms with van der Waals surface area (Å²) in [5.41, 5.74) is 2.35. The second-order valence-corrected chi connectivity index (χ2v) is 7.63. The number of nitrogens with zero attached hydrogens (tertiary/aromatic N) is 8. The number of nitrogens with one attached hydrogen (secondary N) is 2. The Labute approximate surface area is 221 Å². The molecule has 4 rings (SSSR count). The van der Waals surface area contributed by atoms with Crippen molar-refractivity contribution in [1.82, 2.24) is 10.2 Å². The van der Waals surface area contributed by atoms with Crippen LogP contribution >= 0.6 is 0 Å². The highest BCUT2D eigenvalue weighted by Crippen LogP contribution is 2.29. The molecule has 0 radical (unpaired) electrons. The molecule has 0 aliphatic carbocycles. The van der Waals surface area contributed by atoms with Crippen molar-refractivity contribution in [3.05, 3.63) is 112 Å². The number of hydrazone groups is 2. The van der Waals surface area contributed by atoms with Crippen LogP contribution in [0.1, 0.15) is 11.1 Å². The molecular formula is C22H14N10O8. The van der Waals surface area contributed by atoms with Gasteiger partial charge in [-0.2, -0.15) is 10.2 Å². The predicted octanol–water partition coefficient (Wildman–Crippen LogP) is 4.15. The molecule has 0 spiro atoms. The van der Waals surface area contributed by atoms with E-state index in [0.717, 1.165) is 36.7 Å². The van der Waals surface area contributed by atoms with Crippen LogP contribution in [0.5, 0.6) is 0 Å². The molecule has 0 amide bonds. The first kappa shape index (κ1) is 26.6. The first-order chi connectivity index (χ1) is 19.2. The lowest BCUT2D eigenvalue weighted by Gasteiger charge is -2.08. The molecule has 3 aromatic carbocycles. The SMILES string of the molecule is O=[N+]([O-])c1cccc([N+](=O)[O-])c1/C=N\Nc1nnc(N/N=C\c2c([N+](=O)[O-])cccc2[N+](=O)[O-])c2ccccc12. The van der Waals surface area contributed by atoms with Crippen molar-refractivity contribution in [2.75, 3.05) is 10.9 Å². The average molecular weight is 546 g/mol. The van der Waals surface area contributed by atoms with Crippen molar-refractivity contribution in [2.45, 2.75) is 0 Å². The summed E-state index contributed by atoms with van der Waals surface area (Å²) in [5, 5.41) is 61.8. The molecule has 18 nitrogen and oxygen atoms in total. The molecule has 0 bridgehead atoms. The minimum Gasteiger partial charge on any atom is -0.259 e. The summed E-state index contributed by atoms with van der Waals surface area (Å²) < 4.78 is 0. The van der Waals surface area contributed by atoms with Crippen molar-refractivity contribution in [3.8, 4) is 0 Å². The van der Waals surface area contributed by atoms with E-state index in [2.05, 4.69) is 31.3 Å². The van der Waals surface area contributed by atoms with Crippen LogP contribution in [0.2, 0.25) is 0 Å². The molecule has 1 heterocycles. The van der Waals surface area contributed by atoms with Crippen molar-refractivity contribution in [2.24, 2.45) is 10.2 Å². The highest BCUT2D eigenvalue weighted by atomic mass is 16.6. The minimum absolute atomic E-state index is 0.0805. The molecule has 18 heteroatoms. The molecule has 0 aliphatic heterocycles. The maximum absolute atomic E-state index is 11.3. The van der Waals surface area contributed by atoms with Crippen LogP contribution in [0, 0.1) is 40.5 Å². The Kier molecular flexibility index (Phi) is 7.51. The summed E-state index contributed by atoms with van der Waals surface area (Å²) in [4.78, 5) is 42.2. The largest absolute Gasteiger partial charge is 0.285 e. The Morgan fingerprint density at radius 3 is 1.18 bits per heavy atom. The number of hydrogen-bond donors (Lipinski definition) is 2. The van der Waals surface area contributed by atoms with Gasteiger partial charge in [-0.3, -0.25) is 51.3 Å². The molecule has 200 valence electrons. The molecule has 2 N–H and O–H groups in total. The van der Waals surface area contributed by atoms with E-state index in [0.29, 0.717) is 10.8 Å². The maximum atomic E-state index is 11.3. The van der Waals surface area contributed by atoms with E-state index in [1.807, 2.05) is 0 Å². The van der Waals surface area contributed by atoms with Gasteiger partial charge in [-0.1, -0.05) is 24.3 Å². The maximum Gasteiger partial charge on any atom is 0.285 e. The van der Waals surface area contributed by atoms with Gasteiger partial charge < -0.3 is 0 Å². The molecule has 4 aromatic rings. The molecule has 0 aliphatic rings. The Bertz CT molecular complexity index is 1550. The lowest BCUT2D eigenvalue weighted by molar-refractivity contribution is -0.394. The van der Waals surface area contributed by atoms with E-state index in [9.17, 15) is 40.5 Å². The van der Waals surface area contributed by atoms with E-state index in [-0.39, 0.29) is 22.8 Å². The van der Waals surface area contributed by atoms with Gasteiger partial charge in [0.1, 0.15) is 11.1 Å². The molecule has 0 unspecified atom stereocenters. The van der Waals surface area contributed by atoms with Gasteiger partial charge in [-0.05, 0) is 12.1 Å². The van der Waals surface area contributed by atoms with Gasteiger partial charge in [0.25, 0.3) is 22.7 Å². The fraction of sp³-hybridized carbons (Fsp3) is 0. The Hall–Kier alpha value is -6.46. The third-order valence-corrected chi connectivity index (χ3v) is 5.32. The number of benzene rings is 3. The van der Waals surface area contributed by atoms with E-state index in [1.165, 1.54) is 12.1 Å². The molecule has 0 atom stereocenters. The quantitative estimate of drug-likeness (QED) is 0.162. The molecule has 1 aromatic heterocycles. The molecule has 0 fully saturated rings. The summed E-state index contributed by atoms with van der Waals surface area (Å²) in [6.07, 6.45) is 1.84. The lowest BCUT2D eigenvalue weighted by Crippen LogP contribution is -2.04. The van der Waals surface area contributed by atoms with Gasteiger partial charge in [0.15, 0.2) is 11.6 Å². The van der Waals surface area contributed by atoms with Crippen LogP contribution in [0.15, 0.2) is 70.9 Å². The molecule has 0 saturated carbocycles. The van der Waals surface area contributed by atoms with E-state index in [4.69, 9.17) is 0 Å². The first-order valence-corrected chi connectivity index (χ1v) is 10.9. The Balaban J connectivity index is 1.64. The fourth-order valence-electron chi connectivity index (χ4n) is 3.57. The number of aromatic nitrogens is 2. The number of hydrogen-bond acceptors (Lipinski definition) is 14. The summed E-state index contributed by atoms with van der Waals surface area (Å²) in [6.45, 7) is 0. The zero-order chi connectivity index (χ0) is 28.8. The Morgan fingerprint density at radius 1 is 0.550 bits per heavy atom. The predicted molar refractivity (Wildman–Crippen MR) is 141 cm³/mol. The van der Waals surface area contributed by atoms with Crippen LogP contribution in [0.25, 0.3) is 10.8 Å². The van der Waals surface area contributed by atoms with E-state index < -0.39 is 42.4 Å². The highest BCUT2D eigenvalue weighted by molar-refractivity contribution is 5.99. The van der Waals surface area contributed by atoms with Gasteiger partial charge in [-0.15, -0.1) is 10.2 Å². The van der Waals surface area contributed by atoms with E-state index in [1.54, 1.807) is 24.3 Å². The number of nitro groups is 4. The van der Waals surface area contributed by atoms with Crippen molar-refractivity contribution >= 4 is 57.6 Å². The zero-order valence-electron chi connectivity index (χ0n) is 19.8. The van der Waals surface area contributed by atoms with E-state index >= 15 is 0 Å². The van der Waals surface area contributed by atoms with Gasteiger partial charge >= 0.3 is 0 Å². The summed E-state index contributed by atoms with van der Waals surface area (Å²) in [7, 11) is 0. The van der Waals surface area contributed by atoms with Crippen LogP contribution in [0.3, 0.4) is 0 Å². The van der Waals surface area contributed by atoms with Crippen LogP contribution in [-0.2, 0) is 0 Å². The van der Waals surface area contributed by atoms with Crippen LogP contribution in [0.4, 0.5) is 34.4 Å². The monoisotopic (exact) mass is 546 g/mol. The summed E-state index contributed by atoms with van der Waals surface area (Å²) in [6, 6.07) is 13.3. The third kappa shape index (κ3) is 5.44. The van der Waals surface area contributed by atoms with Gasteiger partial charge in [0, 0.05) is 35.0 Å². The smallest absolute Gasteiger partial charge is 0.259 e. The lowest BCUT2D eigenvalue weighted by atomic mass is 10.1. The standard InChI is InChI=1S/C22H14N10O8/c33-29(34)17-7-3-8-18(30(35)36)15(17)11-23-25-21-13-5-1-2-6-14(13)22(28-27-21)26-24-12-16-19(31(37)38)9-4-10-20(16)32(39)40/h1-12H,(H,25,27)(H,26,28)/b23-11-,24-12-. The normalized spacial score (nSPS) is 11.1. The Morgan fingerprint density at radius 2 is 0.875 bits per heavy atom. The first-order valence-electron chi connectivity index (χ1n) is 10.9. The molecule has 40 heavy (non-hydrogen) atoms. The van der Waals surface area contributed by atoms with Crippen LogP contribution < -0.4 is 10.9 Å². The van der Waals surface area contributed by atoms with Crippen LogP contribution in [-0.4, -0.2) is 42.3 Å². The third-order valence-electron chi connectivity index (χ3n) is 5.32. The molecular weight excluding hydrogens is 532 g/mol. The topological polar surface area (TPSA) is 247 Å². The number of nitro benzene ring substituents is 4. The second kappa shape index (κ2) is 11.3. The second-order valence-electron chi connectivity index (χ2n) is 7.63. The summed E-state index contributed by atoms with van der Waals surface area (Å²) >= 11 is 0. The highest BCUT2D eigenvalue weighted by Gasteiger charge is 2.24. The number of anilines is 2. The van der Waals surface area contributed by atoms with Crippen molar-refractivity contribution in [1.29, 1.82) is 0 Å². The average Bonchev–Trinajstić information content (AvgIpc) is 2.93. The van der Waals surface area contributed by atoms with Gasteiger partial charge in [-0.25, -0.2) is 0 Å². The minimum atomic E-state index is -0.775. The van der Waals surface area contributed by atoms with Crippen molar-refractivity contribution in [3.63, 3.8) is 0 Å². The molecule has 0 saturated heterocycles. The van der Waals surface area contributed by atoms with Crippen molar-refractivity contribution < 1.29 is 19.7 Å². The number of fused-ring (bicyclic) bond motifs is 1. The fourth-order valence-corrected chi connectivity index (χ4v) is 3.57.